The molecule has 142 valence electrons. The summed E-state index contributed by atoms with van der Waals surface area (Å²) in [7, 11) is 0. The molecule has 4 heterocycles. The molecule has 1 unspecified atom stereocenters. The van der Waals surface area contributed by atoms with E-state index >= 15 is 0 Å². The molecule has 1 amide bonds. The van der Waals surface area contributed by atoms with Crippen LogP contribution in [-0.4, -0.2) is 40.9 Å². The fourth-order valence-electron chi connectivity index (χ4n) is 3.29. The summed E-state index contributed by atoms with van der Waals surface area (Å²) in [5.74, 6) is -2.37. The number of halogens is 2. The molecule has 1 atom stereocenters. The number of aromatic nitrogens is 1. The lowest BCUT2D eigenvalue weighted by atomic mass is 10.1. The summed E-state index contributed by atoms with van der Waals surface area (Å²) in [6, 6.07) is 1.14. The molecule has 1 aromatic rings. The van der Waals surface area contributed by atoms with Crippen LogP contribution in [0.15, 0.2) is 41.2 Å². The average Bonchev–Trinajstić information content (AvgIpc) is 2.96. The number of nitrogens with zero attached hydrogens (tertiary/aromatic N) is 4. The minimum Gasteiger partial charge on any atom is -0.355 e. The van der Waals surface area contributed by atoms with E-state index in [0.717, 1.165) is 25.3 Å². The first-order valence-electron chi connectivity index (χ1n) is 8.68. The number of aliphatic imine (C=N–C) groups is 1. The third-order valence-electron chi connectivity index (χ3n) is 4.72. The minimum absolute atomic E-state index is 0.113. The smallest absolute Gasteiger partial charge is 0.268 e. The number of amides is 1. The van der Waals surface area contributed by atoms with Gasteiger partial charge in [-0.2, -0.15) is 5.43 Å². The molecule has 0 radical (unpaired) electrons. The van der Waals surface area contributed by atoms with Crippen LogP contribution in [0.25, 0.3) is 0 Å². The van der Waals surface area contributed by atoms with E-state index in [-0.39, 0.29) is 11.5 Å². The lowest BCUT2D eigenvalue weighted by Crippen LogP contribution is -2.62. The molecule has 0 saturated carbocycles. The largest absolute Gasteiger partial charge is 0.355 e. The van der Waals surface area contributed by atoms with Crippen LogP contribution in [0.4, 0.5) is 20.3 Å². The zero-order chi connectivity index (χ0) is 19.0. The number of fused-ring (bicyclic) bond motifs is 1. The lowest BCUT2D eigenvalue weighted by molar-refractivity contribution is -0.122. The number of anilines is 2. The van der Waals surface area contributed by atoms with E-state index in [4.69, 9.17) is 5.73 Å². The number of piperidine rings is 1. The summed E-state index contributed by atoms with van der Waals surface area (Å²) in [5.41, 5.74) is 6.20. The summed E-state index contributed by atoms with van der Waals surface area (Å²) in [5, 5.41) is 3.62. The number of hydrazine groups is 1. The molecule has 1 aromatic heterocycles. The molecule has 8 nitrogen and oxygen atoms in total. The van der Waals surface area contributed by atoms with Crippen molar-refractivity contribution >= 4 is 23.6 Å². The SMILES string of the molecule is NC1(C(=O)Nc2c(F)ccnc2N2CCCCC2)NN2C=CC=NC2=C1F. The topological polar surface area (TPSA) is 98.9 Å². The van der Waals surface area contributed by atoms with E-state index in [2.05, 4.69) is 20.7 Å². The highest BCUT2D eigenvalue weighted by atomic mass is 19.1. The Labute approximate surface area is 154 Å². The second kappa shape index (κ2) is 6.71. The van der Waals surface area contributed by atoms with Crippen LogP contribution in [-0.2, 0) is 4.79 Å². The fraction of sp³-hybridized carbons (Fsp3) is 0.353. The van der Waals surface area contributed by atoms with Crippen LogP contribution >= 0.6 is 0 Å². The molecule has 10 heteroatoms. The van der Waals surface area contributed by atoms with E-state index < -0.39 is 23.2 Å². The van der Waals surface area contributed by atoms with Gasteiger partial charge in [0.1, 0.15) is 5.69 Å². The van der Waals surface area contributed by atoms with Crippen molar-refractivity contribution in [2.45, 2.75) is 24.9 Å². The standard InChI is InChI=1S/C17H19F2N7O/c18-11-5-7-22-14(25-8-2-1-3-9-25)12(11)23-16(27)17(20)13(19)15-21-6-4-10-26(15)24-17/h4-7,10,24H,1-3,8-9,20H2,(H,23,27). The van der Waals surface area contributed by atoms with Gasteiger partial charge in [0, 0.05) is 31.7 Å². The van der Waals surface area contributed by atoms with Gasteiger partial charge in [0.2, 0.25) is 5.66 Å². The molecule has 0 aromatic carbocycles. The number of hydrogen-bond donors (Lipinski definition) is 3. The number of rotatable bonds is 3. The first-order valence-corrected chi connectivity index (χ1v) is 8.68. The highest BCUT2D eigenvalue weighted by molar-refractivity contribution is 6.02. The molecule has 3 aliphatic rings. The van der Waals surface area contributed by atoms with Crippen LogP contribution < -0.4 is 21.4 Å². The second-order valence-electron chi connectivity index (χ2n) is 6.54. The Morgan fingerprint density at radius 2 is 2.07 bits per heavy atom. The predicted octanol–water partition coefficient (Wildman–Crippen LogP) is 1.36. The van der Waals surface area contributed by atoms with Crippen LogP contribution in [0.2, 0.25) is 0 Å². The van der Waals surface area contributed by atoms with E-state index in [1.807, 2.05) is 4.90 Å². The highest BCUT2D eigenvalue weighted by Gasteiger charge is 2.49. The summed E-state index contributed by atoms with van der Waals surface area (Å²) in [6.45, 7) is 1.41. The zero-order valence-corrected chi connectivity index (χ0v) is 14.5. The number of nitrogens with two attached hydrogens (primary N) is 1. The molecule has 4 rings (SSSR count). The van der Waals surface area contributed by atoms with Gasteiger partial charge < -0.3 is 10.2 Å². The van der Waals surface area contributed by atoms with Crippen molar-refractivity contribution < 1.29 is 13.6 Å². The maximum absolute atomic E-state index is 14.7. The monoisotopic (exact) mass is 375 g/mol. The van der Waals surface area contributed by atoms with Crippen molar-refractivity contribution in [2.75, 3.05) is 23.3 Å². The zero-order valence-electron chi connectivity index (χ0n) is 14.5. The van der Waals surface area contributed by atoms with Crippen molar-refractivity contribution in [1.29, 1.82) is 0 Å². The summed E-state index contributed by atoms with van der Waals surface area (Å²) < 4.78 is 29.2. The molecule has 3 aliphatic heterocycles. The van der Waals surface area contributed by atoms with E-state index in [1.54, 1.807) is 6.08 Å². The molecule has 0 spiro atoms. The third-order valence-corrected chi connectivity index (χ3v) is 4.72. The highest BCUT2D eigenvalue weighted by Crippen LogP contribution is 2.33. The van der Waals surface area contributed by atoms with E-state index in [1.165, 1.54) is 23.6 Å². The minimum atomic E-state index is -2.21. The van der Waals surface area contributed by atoms with Crippen LogP contribution in [0.3, 0.4) is 0 Å². The van der Waals surface area contributed by atoms with Gasteiger partial charge in [-0.15, -0.1) is 0 Å². The van der Waals surface area contributed by atoms with Crippen LogP contribution in [0.1, 0.15) is 19.3 Å². The van der Waals surface area contributed by atoms with Gasteiger partial charge in [0.25, 0.3) is 5.91 Å². The Hall–Kier alpha value is -2.85. The Bertz CT molecular complexity index is 863. The Morgan fingerprint density at radius 1 is 1.30 bits per heavy atom. The summed E-state index contributed by atoms with van der Waals surface area (Å²) in [6.07, 6.45) is 8.75. The average molecular weight is 375 g/mol. The van der Waals surface area contributed by atoms with Crippen molar-refractivity contribution in [1.82, 2.24) is 15.4 Å². The van der Waals surface area contributed by atoms with Gasteiger partial charge in [-0.25, -0.2) is 18.8 Å². The van der Waals surface area contributed by atoms with E-state index in [9.17, 15) is 13.6 Å². The number of carbonyl (C=O) groups excluding carboxylic acids is 1. The van der Waals surface area contributed by atoms with E-state index in [0.29, 0.717) is 18.9 Å². The van der Waals surface area contributed by atoms with Crippen molar-refractivity contribution in [3.8, 4) is 0 Å². The van der Waals surface area contributed by atoms with Crippen molar-refractivity contribution in [3.05, 3.63) is 42.0 Å². The molecular weight excluding hydrogens is 356 g/mol. The molecular formula is C17H19F2N7O. The van der Waals surface area contributed by atoms with Crippen molar-refractivity contribution in [3.63, 3.8) is 0 Å². The number of pyridine rings is 1. The van der Waals surface area contributed by atoms with Crippen LogP contribution in [0, 0.1) is 5.82 Å². The maximum Gasteiger partial charge on any atom is 0.268 e. The van der Waals surface area contributed by atoms with Crippen LogP contribution in [0.5, 0.6) is 0 Å². The molecule has 1 saturated heterocycles. The lowest BCUT2D eigenvalue weighted by Gasteiger charge is -2.30. The Morgan fingerprint density at radius 3 is 2.81 bits per heavy atom. The molecule has 0 bridgehead atoms. The number of carbonyl (C=O) groups is 1. The molecule has 1 fully saturated rings. The van der Waals surface area contributed by atoms with Gasteiger partial charge in [-0.1, -0.05) is 0 Å². The normalized spacial score (nSPS) is 24.4. The molecule has 0 aliphatic carbocycles. The molecule has 4 N–H and O–H groups in total. The third kappa shape index (κ3) is 2.96. The number of nitrogens with one attached hydrogen (secondary N) is 2. The quantitative estimate of drug-likeness (QED) is 0.738. The maximum atomic E-state index is 14.7. The van der Waals surface area contributed by atoms with Gasteiger partial charge in [-0.3, -0.25) is 15.5 Å². The number of hydrogen-bond acceptors (Lipinski definition) is 7. The first kappa shape index (κ1) is 17.6. The van der Waals surface area contributed by atoms with Gasteiger partial charge in [0.05, 0.1) is 0 Å². The summed E-state index contributed by atoms with van der Waals surface area (Å²) in [4.78, 5) is 22.8. The Kier molecular flexibility index (Phi) is 4.36. The van der Waals surface area contributed by atoms with Gasteiger partial charge in [-0.05, 0) is 31.4 Å². The van der Waals surface area contributed by atoms with Gasteiger partial charge in [0.15, 0.2) is 23.3 Å². The second-order valence-corrected chi connectivity index (χ2v) is 6.54. The Balaban J connectivity index is 1.63. The predicted molar refractivity (Wildman–Crippen MR) is 96.5 cm³/mol. The number of allylic oxidation sites excluding steroid dienone is 1. The van der Waals surface area contributed by atoms with Crippen molar-refractivity contribution in [2.24, 2.45) is 10.7 Å². The fourth-order valence-corrected chi connectivity index (χ4v) is 3.29. The van der Waals surface area contributed by atoms with Gasteiger partial charge >= 0.3 is 0 Å². The first-order chi connectivity index (χ1) is 13.0. The molecule has 27 heavy (non-hydrogen) atoms. The summed E-state index contributed by atoms with van der Waals surface area (Å²) >= 11 is 0.